The summed E-state index contributed by atoms with van der Waals surface area (Å²) in [6.45, 7) is 7.37. The van der Waals surface area contributed by atoms with E-state index in [0.29, 0.717) is 6.04 Å². The van der Waals surface area contributed by atoms with Crippen LogP contribution in [-0.4, -0.2) is 37.7 Å². The van der Waals surface area contributed by atoms with E-state index in [0.717, 1.165) is 25.4 Å². The zero-order valence-corrected chi connectivity index (χ0v) is 11.1. The van der Waals surface area contributed by atoms with Gasteiger partial charge in [-0.3, -0.25) is 4.90 Å². The summed E-state index contributed by atoms with van der Waals surface area (Å²) in [4.78, 5) is 2.62. The highest BCUT2D eigenvalue weighted by Crippen LogP contribution is 2.37. The minimum atomic E-state index is 0.613. The summed E-state index contributed by atoms with van der Waals surface area (Å²) in [5.41, 5.74) is 3.02. The van der Waals surface area contributed by atoms with Gasteiger partial charge in [-0.2, -0.15) is 0 Å². The normalized spacial score (nSPS) is 23.9. The molecule has 0 radical (unpaired) electrons. The lowest BCUT2D eigenvalue weighted by atomic mass is 10.1. The Morgan fingerprint density at radius 3 is 2.94 bits per heavy atom. The Balaban J connectivity index is 1.82. The van der Waals surface area contributed by atoms with Gasteiger partial charge < -0.3 is 10.1 Å². The number of benzene rings is 1. The Morgan fingerprint density at radius 1 is 1.33 bits per heavy atom. The summed E-state index contributed by atoms with van der Waals surface area (Å²) in [6.07, 6.45) is 2.49. The Morgan fingerprint density at radius 2 is 2.17 bits per heavy atom. The molecule has 1 fully saturated rings. The van der Waals surface area contributed by atoms with Crippen LogP contribution < -0.4 is 10.1 Å². The highest BCUT2D eigenvalue weighted by atomic mass is 16.5. The van der Waals surface area contributed by atoms with Crippen LogP contribution in [0.4, 0.5) is 0 Å². The molecule has 3 rings (SSSR count). The van der Waals surface area contributed by atoms with Crippen LogP contribution in [0.3, 0.4) is 0 Å². The van der Waals surface area contributed by atoms with Gasteiger partial charge in [0, 0.05) is 32.2 Å². The Kier molecular flexibility index (Phi) is 3.52. The first kappa shape index (κ1) is 12.0. The number of nitrogens with one attached hydrogen (secondary N) is 1. The fourth-order valence-corrected chi connectivity index (χ4v) is 3.19. The number of nitrogens with zero attached hydrogens (tertiary/aromatic N) is 1. The molecule has 0 spiro atoms. The van der Waals surface area contributed by atoms with Gasteiger partial charge >= 0.3 is 0 Å². The summed E-state index contributed by atoms with van der Waals surface area (Å²) in [5, 5.41) is 3.43. The van der Waals surface area contributed by atoms with Crippen molar-refractivity contribution >= 4 is 0 Å². The molecule has 1 aliphatic carbocycles. The molecular formula is C15H22N2O. The molecular weight excluding hydrogens is 224 g/mol. The molecule has 3 nitrogen and oxygen atoms in total. The van der Waals surface area contributed by atoms with Crippen molar-refractivity contribution in [1.82, 2.24) is 10.2 Å². The topological polar surface area (TPSA) is 24.5 Å². The number of piperazine rings is 1. The van der Waals surface area contributed by atoms with Crippen molar-refractivity contribution in [3.8, 4) is 5.75 Å². The second-order valence-corrected chi connectivity index (χ2v) is 5.13. The predicted molar refractivity (Wildman–Crippen MR) is 73.1 cm³/mol. The lowest BCUT2D eigenvalue weighted by Gasteiger charge is -2.33. The molecule has 1 heterocycles. The Labute approximate surface area is 109 Å². The average Bonchev–Trinajstić information content (AvgIpc) is 2.83. The first-order valence-electron chi connectivity index (χ1n) is 7.09. The van der Waals surface area contributed by atoms with E-state index in [4.69, 9.17) is 4.74 Å². The second kappa shape index (κ2) is 5.29. The molecule has 1 aromatic carbocycles. The van der Waals surface area contributed by atoms with E-state index in [9.17, 15) is 0 Å². The van der Waals surface area contributed by atoms with E-state index in [1.807, 2.05) is 6.92 Å². The molecule has 0 saturated carbocycles. The Hall–Kier alpha value is -1.06. The predicted octanol–water partition coefficient (Wildman–Crippen LogP) is 1.98. The van der Waals surface area contributed by atoms with Crippen molar-refractivity contribution in [2.24, 2.45) is 0 Å². The number of hydrogen-bond donors (Lipinski definition) is 1. The van der Waals surface area contributed by atoms with E-state index in [-0.39, 0.29) is 0 Å². The largest absolute Gasteiger partial charge is 0.494 e. The van der Waals surface area contributed by atoms with Crippen LogP contribution in [0.25, 0.3) is 0 Å². The Bertz CT molecular complexity index is 413. The second-order valence-electron chi connectivity index (χ2n) is 5.13. The van der Waals surface area contributed by atoms with Crippen molar-refractivity contribution in [3.05, 3.63) is 29.3 Å². The highest BCUT2D eigenvalue weighted by molar-refractivity contribution is 5.41. The fourth-order valence-electron chi connectivity index (χ4n) is 3.19. The molecule has 2 aliphatic rings. The van der Waals surface area contributed by atoms with Crippen molar-refractivity contribution in [3.63, 3.8) is 0 Å². The molecule has 0 amide bonds. The number of hydrogen-bond acceptors (Lipinski definition) is 3. The zero-order valence-electron chi connectivity index (χ0n) is 11.1. The molecule has 1 aliphatic heterocycles. The molecule has 1 N–H and O–H groups in total. The summed E-state index contributed by atoms with van der Waals surface area (Å²) in [6, 6.07) is 7.24. The van der Waals surface area contributed by atoms with E-state index in [1.54, 1.807) is 0 Å². The van der Waals surface area contributed by atoms with Crippen LogP contribution in [0.2, 0.25) is 0 Å². The first-order valence-corrected chi connectivity index (χ1v) is 7.09. The third kappa shape index (κ3) is 2.25. The van der Waals surface area contributed by atoms with Crippen LogP contribution in [0.15, 0.2) is 18.2 Å². The van der Waals surface area contributed by atoms with E-state index < -0.39 is 0 Å². The third-order valence-electron chi connectivity index (χ3n) is 4.07. The van der Waals surface area contributed by atoms with Gasteiger partial charge in [0.15, 0.2) is 0 Å². The van der Waals surface area contributed by atoms with Crippen LogP contribution >= 0.6 is 0 Å². The third-order valence-corrected chi connectivity index (χ3v) is 4.07. The van der Waals surface area contributed by atoms with Gasteiger partial charge in [0.2, 0.25) is 0 Å². The van der Waals surface area contributed by atoms with Gasteiger partial charge in [0.05, 0.1) is 6.61 Å². The minimum absolute atomic E-state index is 0.613. The van der Waals surface area contributed by atoms with Crippen LogP contribution in [0, 0.1) is 0 Å². The molecule has 0 aromatic heterocycles. The summed E-state index contributed by atoms with van der Waals surface area (Å²) in [5.74, 6) is 1.03. The van der Waals surface area contributed by atoms with Crippen molar-refractivity contribution in [2.45, 2.75) is 25.8 Å². The molecule has 1 unspecified atom stereocenters. The maximum atomic E-state index is 5.64. The zero-order chi connectivity index (χ0) is 12.4. The smallest absolute Gasteiger partial charge is 0.119 e. The lowest BCUT2D eigenvalue weighted by molar-refractivity contribution is 0.173. The molecule has 0 bridgehead atoms. The van der Waals surface area contributed by atoms with Gasteiger partial charge in [0.25, 0.3) is 0 Å². The number of fused-ring (bicyclic) bond motifs is 1. The maximum absolute atomic E-state index is 5.64. The van der Waals surface area contributed by atoms with Crippen molar-refractivity contribution in [1.29, 1.82) is 0 Å². The van der Waals surface area contributed by atoms with Crippen LogP contribution in [-0.2, 0) is 6.42 Å². The summed E-state index contributed by atoms with van der Waals surface area (Å²) >= 11 is 0. The minimum Gasteiger partial charge on any atom is -0.494 e. The van der Waals surface area contributed by atoms with E-state index >= 15 is 0 Å². The van der Waals surface area contributed by atoms with Gasteiger partial charge in [0.1, 0.15) is 5.75 Å². The van der Waals surface area contributed by atoms with E-state index in [2.05, 4.69) is 28.4 Å². The van der Waals surface area contributed by atoms with Crippen molar-refractivity contribution in [2.75, 3.05) is 32.8 Å². The molecule has 1 saturated heterocycles. The number of rotatable bonds is 3. The molecule has 98 valence electrons. The van der Waals surface area contributed by atoms with Gasteiger partial charge in [-0.15, -0.1) is 0 Å². The summed E-state index contributed by atoms with van der Waals surface area (Å²) in [7, 11) is 0. The first-order chi connectivity index (χ1) is 8.88. The number of aryl methyl sites for hydroxylation is 1. The molecule has 1 atom stereocenters. The van der Waals surface area contributed by atoms with Crippen molar-refractivity contribution < 1.29 is 4.74 Å². The quantitative estimate of drug-likeness (QED) is 0.882. The maximum Gasteiger partial charge on any atom is 0.119 e. The fraction of sp³-hybridized carbons (Fsp3) is 0.600. The highest BCUT2D eigenvalue weighted by Gasteiger charge is 2.28. The number of ether oxygens (including phenoxy) is 1. The van der Waals surface area contributed by atoms with Gasteiger partial charge in [-0.25, -0.2) is 0 Å². The average molecular weight is 246 g/mol. The van der Waals surface area contributed by atoms with Crippen LogP contribution in [0.5, 0.6) is 5.75 Å². The lowest BCUT2D eigenvalue weighted by Crippen LogP contribution is -2.44. The molecule has 18 heavy (non-hydrogen) atoms. The standard InChI is InChI=1S/C15H22N2O/c1-2-18-13-5-3-12-4-6-15(14(12)11-13)17-9-7-16-8-10-17/h3,5,11,15-16H,2,4,6-10H2,1H3. The monoisotopic (exact) mass is 246 g/mol. The SMILES string of the molecule is CCOc1ccc2c(c1)C(N1CCNCC1)CC2. The van der Waals surface area contributed by atoms with E-state index in [1.165, 1.54) is 37.1 Å². The summed E-state index contributed by atoms with van der Waals surface area (Å²) < 4.78 is 5.64. The van der Waals surface area contributed by atoms with Gasteiger partial charge in [-0.1, -0.05) is 6.07 Å². The van der Waals surface area contributed by atoms with Crippen LogP contribution in [0.1, 0.15) is 30.5 Å². The molecule has 1 aromatic rings. The van der Waals surface area contributed by atoms with Gasteiger partial charge in [-0.05, 0) is 43.0 Å². The molecule has 3 heteroatoms.